The quantitative estimate of drug-likeness (QED) is 0.0642. The Morgan fingerprint density at radius 1 is 0.431 bits per heavy atom. The SMILES string of the molecule is O=S(=O)(Oc1c(F)c(F)c(F)c(F)c1F)c1ccc2c(c1)OCC[C@@H]2c1ccc(C(F)(F)F)cc1Cl.O=S(=O)(Oc1c(F)c(F)c(F)c(F)c1F)c1ccc2c(c1)OCC[C@H]2c1ccc(C(F)(F)F)cc1Cl. The van der Waals surface area contributed by atoms with Crippen LogP contribution in [0.25, 0.3) is 0 Å². The number of hydrogen-bond donors (Lipinski definition) is 0. The van der Waals surface area contributed by atoms with Crippen LogP contribution in [-0.4, -0.2) is 30.0 Å². The molecular formula is C44H22Cl2F16O8S2. The molecule has 2 aliphatic rings. The molecule has 384 valence electrons. The molecular weight excluding hydrogens is 1100 g/mol. The third-order valence-corrected chi connectivity index (χ3v) is 13.8. The normalized spacial score (nSPS) is 15.9. The predicted octanol–water partition coefficient (Wildman–Crippen LogP) is 13.5. The molecule has 0 aliphatic carbocycles. The van der Waals surface area contributed by atoms with E-state index < -0.39 is 135 Å². The summed E-state index contributed by atoms with van der Waals surface area (Å²) in [4.78, 5) is -1.49. The fourth-order valence-corrected chi connectivity index (χ4v) is 9.82. The van der Waals surface area contributed by atoms with Crippen LogP contribution >= 0.6 is 23.2 Å². The molecule has 0 N–H and O–H groups in total. The summed E-state index contributed by atoms with van der Waals surface area (Å²) < 4.78 is 283. The van der Waals surface area contributed by atoms with Crippen molar-refractivity contribution in [2.75, 3.05) is 13.2 Å². The van der Waals surface area contributed by atoms with E-state index in [4.69, 9.17) is 32.7 Å². The van der Waals surface area contributed by atoms with Gasteiger partial charge in [-0.15, -0.1) is 0 Å². The number of fused-ring (bicyclic) bond motifs is 2. The molecule has 6 aromatic carbocycles. The molecule has 0 bridgehead atoms. The average molecular weight is 1120 g/mol. The predicted molar refractivity (Wildman–Crippen MR) is 218 cm³/mol. The number of benzene rings is 6. The van der Waals surface area contributed by atoms with Crippen molar-refractivity contribution in [2.45, 2.75) is 46.8 Å². The van der Waals surface area contributed by atoms with Crippen LogP contribution in [0, 0.1) is 58.2 Å². The Morgan fingerprint density at radius 2 is 0.722 bits per heavy atom. The first-order valence-electron chi connectivity index (χ1n) is 19.6. The Kier molecular flexibility index (Phi) is 14.7. The van der Waals surface area contributed by atoms with Crippen molar-refractivity contribution in [3.63, 3.8) is 0 Å². The first-order chi connectivity index (χ1) is 33.4. The molecule has 0 spiro atoms. The van der Waals surface area contributed by atoms with Crippen LogP contribution in [0.5, 0.6) is 23.0 Å². The molecule has 0 fully saturated rings. The van der Waals surface area contributed by atoms with Crippen LogP contribution in [0.3, 0.4) is 0 Å². The fourth-order valence-electron chi connectivity index (χ4n) is 7.30. The molecule has 2 heterocycles. The highest BCUT2D eigenvalue weighted by Gasteiger charge is 2.37. The molecule has 8 nitrogen and oxygen atoms in total. The molecule has 6 aromatic rings. The Balaban J connectivity index is 0.000000211. The third-order valence-electron chi connectivity index (χ3n) is 10.8. The first-order valence-corrected chi connectivity index (χ1v) is 23.2. The Hall–Kier alpha value is -6.12. The number of rotatable bonds is 8. The molecule has 72 heavy (non-hydrogen) atoms. The number of halogens is 18. The van der Waals surface area contributed by atoms with Crippen molar-refractivity contribution in [1.82, 2.24) is 0 Å². The number of alkyl halides is 6. The third kappa shape index (κ3) is 10.4. The van der Waals surface area contributed by atoms with Gasteiger partial charge >= 0.3 is 32.6 Å². The van der Waals surface area contributed by atoms with Crippen molar-refractivity contribution in [2.24, 2.45) is 0 Å². The van der Waals surface area contributed by atoms with E-state index in [9.17, 15) is 87.1 Å². The minimum Gasteiger partial charge on any atom is -0.493 e. The zero-order valence-corrected chi connectivity index (χ0v) is 37.9. The van der Waals surface area contributed by atoms with E-state index >= 15 is 0 Å². The maximum Gasteiger partial charge on any atom is 0.416 e. The highest BCUT2D eigenvalue weighted by Crippen LogP contribution is 2.46. The second kappa shape index (κ2) is 19.7. The Labute approximate surface area is 404 Å². The summed E-state index contributed by atoms with van der Waals surface area (Å²) in [6.07, 6.45) is -8.70. The second-order valence-electron chi connectivity index (χ2n) is 15.1. The molecule has 0 saturated carbocycles. The minimum absolute atomic E-state index is 0.00296. The van der Waals surface area contributed by atoms with Crippen molar-refractivity contribution in [3.05, 3.63) is 174 Å². The average Bonchev–Trinajstić information content (AvgIpc) is 3.33. The highest BCUT2D eigenvalue weighted by atomic mass is 35.5. The van der Waals surface area contributed by atoms with Gasteiger partial charge in [-0.3, -0.25) is 0 Å². The van der Waals surface area contributed by atoms with Crippen LogP contribution in [0.2, 0.25) is 10.0 Å². The lowest BCUT2D eigenvalue weighted by Crippen LogP contribution is -2.18. The lowest BCUT2D eigenvalue weighted by atomic mass is 9.86. The van der Waals surface area contributed by atoms with Gasteiger partial charge in [0.2, 0.25) is 69.7 Å². The summed E-state index contributed by atoms with van der Waals surface area (Å²) in [6, 6.07) is 11.6. The summed E-state index contributed by atoms with van der Waals surface area (Å²) in [7, 11) is -10.2. The van der Waals surface area contributed by atoms with Gasteiger partial charge in [-0.25, -0.2) is 26.3 Å². The van der Waals surface area contributed by atoms with Crippen LogP contribution in [0.1, 0.15) is 58.1 Å². The lowest BCUT2D eigenvalue weighted by Gasteiger charge is -2.27. The molecule has 2 aliphatic heterocycles. The number of ether oxygens (including phenoxy) is 2. The van der Waals surface area contributed by atoms with E-state index in [-0.39, 0.29) is 47.6 Å². The van der Waals surface area contributed by atoms with Crippen molar-refractivity contribution in [1.29, 1.82) is 0 Å². The standard InChI is InChI=1S/2C22H11ClF8O4S/c2*23-14-7-9(22(29,30)31)1-3-12(14)11-5-6-34-15-8-10(2-4-13(11)15)36(32,33)35-21-19(27)17(25)16(24)18(26)20(21)28/h2*1-4,7-8,11H,5-6H2/t2*11-/m10/s1. The van der Waals surface area contributed by atoms with E-state index in [0.717, 1.165) is 48.5 Å². The fraction of sp³-hybridized carbons (Fsp3) is 0.182. The Morgan fingerprint density at radius 3 is 1.01 bits per heavy atom. The molecule has 28 heteroatoms. The van der Waals surface area contributed by atoms with Crippen LogP contribution in [0.4, 0.5) is 70.2 Å². The molecule has 2 atom stereocenters. The second-order valence-corrected chi connectivity index (χ2v) is 19.0. The molecule has 0 amide bonds. The summed E-state index contributed by atoms with van der Waals surface area (Å²) in [5.41, 5.74) is -0.647. The van der Waals surface area contributed by atoms with E-state index in [1.54, 1.807) is 0 Å². The maximum absolute atomic E-state index is 13.9. The summed E-state index contributed by atoms with van der Waals surface area (Å²) >= 11 is 12.2. The molecule has 8 rings (SSSR count). The lowest BCUT2D eigenvalue weighted by molar-refractivity contribution is -0.138. The zero-order chi connectivity index (χ0) is 53.2. The molecule has 0 saturated heterocycles. The van der Waals surface area contributed by atoms with Crippen molar-refractivity contribution < 1.29 is 105 Å². The van der Waals surface area contributed by atoms with Crippen molar-refractivity contribution in [3.8, 4) is 23.0 Å². The van der Waals surface area contributed by atoms with Gasteiger partial charge in [0.25, 0.3) is 0 Å². The van der Waals surface area contributed by atoms with Crippen LogP contribution < -0.4 is 17.8 Å². The monoisotopic (exact) mass is 1120 g/mol. The van der Waals surface area contributed by atoms with Gasteiger partial charge in [-0.05, 0) is 60.4 Å². The van der Waals surface area contributed by atoms with Gasteiger partial charge in [-0.2, -0.15) is 60.7 Å². The maximum atomic E-state index is 13.9. The Bertz CT molecular complexity index is 3110. The zero-order valence-electron chi connectivity index (χ0n) is 34.8. The van der Waals surface area contributed by atoms with Gasteiger partial charge in [0.1, 0.15) is 21.3 Å². The topological polar surface area (TPSA) is 105 Å². The molecule has 0 unspecified atom stereocenters. The van der Waals surface area contributed by atoms with Crippen LogP contribution in [0.15, 0.2) is 82.6 Å². The summed E-state index contributed by atoms with van der Waals surface area (Å²) in [5.74, 6) is -29.9. The van der Waals surface area contributed by atoms with Crippen molar-refractivity contribution >= 4 is 43.4 Å². The van der Waals surface area contributed by atoms with Gasteiger partial charge < -0.3 is 17.8 Å². The number of hydrogen-bond acceptors (Lipinski definition) is 8. The summed E-state index contributed by atoms with van der Waals surface area (Å²) in [6.45, 7) is -0.00592. The van der Waals surface area contributed by atoms with Gasteiger partial charge in [0, 0.05) is 45.1 Å². The van der Waals surface area contributed by atoms with E-state index in [0.29, 0.717) is 22.3 Å². The van der Waals surface area contributed by atoms with E-state index in [1.807, 2.05) is 0 Å². The molecule has 0 radical (unpaired) electrons. The van der Waals surface area contributed by atoms with E-state index in [2.05, 4.69) is 8.37 Å². The first kappa shape index (κ1) is 53.7. The smallest absolute Gasteiger partial charge is 0.416 e. The largest absolute Gasteiger partial charge is 0.493 e. The van der Waals surface area contributed by atoms with Gasteiger partial charge in [0.15, 0.2) is 0 Å². The van der Waals surface area contributed by atoms with Crippen LogP contribution in [-0.2, 0) is 32.6 Å². The highest BCUT2D eigenvalue weighted by molar-refractivity contribution is 7.87. The van der Waals surface area contributed by atoms with Gasteiger partial charge in [-0.1, -0.05) is 47.5 Å². The van der Waals surface area contributed by atoms with Gasteiger partial charge in [0.05, 0.1) is 24.3 Å². The minimum atomic E-state index is -5.12. The summed E-state index contributed by atoms with van der Waals surface area (Å²) in [5, 5.41) is -0.372. The van der Waals surface area contributed by atoms with E-state index in [1.165, 1.54) is 24.3 Å². The molecule has 0 aromatic heterocycles.